The van der Waals surface area contributed by atoms with E-state index in [0.29, 0.717) is 0 Å². The minimum Gasteiger partial charge on any atom is -0.317 e. The van der Waals surface area contributed by atoms with E-state index in [4.69, 9.17) is 0 Å². The summed E-state index contributed by atoms with van der Waals surface area (Å²) in [4.78, 5) is 11.3. The van der Waals surface area contributed by atoms with Crippen LogP contribution >= 0.6 is 0 Å². The molecule has 0 atom stereocenters. The third-order valence-corrected chi connectivity index (χ3v) is 2.89. The van der Waals surface area contributed by atoms with E-state index < -0.39 is 0 Å². The highest BCUT2D eigenvalue weighted by Gasteiger charge is 2.04. The molecule has 0 amide bonds. The van der Waals surface area contributed by atoms with E-state index in [1.165, 1.54) is 0 Å². The number of Topliss-reactive ketones (excluding diaryl/α,β-unsaturated/α-hetero) is 1. The van der Waals surface area contributed by atoms with Gasteiger partial charge in [0.2, 0.25) is 0 Å². The van der Waals surface area contributed by atoms with Crippen LogP contribution in [0.25, 0.3) is 16.4 Å². The number of pyridine rings is 1. The molecule has 0 saturated carbocycles. The van der Waals surface area contributed by atoms with Crippen LogP contribution in [0.5, 0.6) is 0 Å². The number of benzene rings is 1. The lowest BCUT2D eigenvalue weighted by Crippen LogP contribution is -1.91. The first kappa shape index (κ1) is 9.16. The molecule has 2 nitrogen and oxygen atoms in total. The zero-order chi connectivity index (χ0) is 11.1. The summed E-state index contributed by atoms with van der Waals surface area (Å²) in [6, 6.07) is 14.0. The molecule has 0 saturated heterocycles. The lowest BCUT2D eigenvalue weighted by atomic mass is 10.1. The monoisotopic (exact) mass is 209 g/mol. The summed E-state index contributed by atoms with van der Waals surface area (Å²) in [5.41, 5.74) is 3.00. The molecule has 0 aliphatic heterocycles. The maximum Gasteiger partial charge on any atom is 0.159 e. The van der Waals surface area contributed by atoms with Crippen molar-refractivity contribution in [2.45, 2.75) is 6.92 Å². The molecule has 0 spiro atoms. The zero-order valence-electron chi connectivity index (χ0n) is 8.97. The minimum atomic E-state index is 0.104. The number of carbonyl (C=O) groups is 1. The minimum absolute atomic E-state index is 0.104. The van der Waals surface area contributed by atoms with Crippen molar-refractivity contribution in [1.29, 1.82) is 0 Å². The number of ketones is 1. The molecule has 0 bridgehead atoms. The van der Waals surface area contributed by atoms with Crippen molar-refractivity contribution in [1.82, 2.24) is 4.40 Å². The first-order valence-corrected chi connectivity index (χ1v) is 5.26. The van der Waals surface area contributed by atoms with Gasteiger partial charge in [0.15, 0.2) is 5.78 Å². The summed E-state index contributed by atoms with van der Waals surface area (Å²) in [6.07, 6.45) is 2.02. The van der Waals surface area contributed by atoms with Gasteiger partial charge in [0.1, 0.15) is 0 Å². The van der Waals surface area contributed by atoms with Crippen molar-refractivity contribution < 1.29 is 4.79 Å². The van der Waals surface area contributed by atoms with Crippen LogP contribution in [-0.4, -0.2) is 10.2 Å². The first-order chi connectivity index (χ1) is 7.75. The van der Waals surface area contributed by atoms with Crippen LogP contribution < -0.4 is 0 Å². The van der Waals surface area contributed by atoms with Crippen molar-refractivity contribution in [2.75, 3.05) is 0 Å². The highest BCUT2D eigenvalue weighted by Crippen LogP contribution is 2.21. The predicted molar refractivity (Wildman–Crippen MR) is 64.9 cm³/mol. The van der Waals surface area contributed by atoms with Gasteiger partial charge >= 0.3 is 0 Å². The van der Waals surface area contributed by atoms with E-state index >= 15 is 0 Å². The normalized spacial score (nSPS) is 11.1. The quantitative estimate of drug-likeness (QED) is 0.563. The summed E-state index contributed by atoms with van der Waals surface area (Å²) in [5.74, 6) is 0.104. The number of hydrogen-bond acceptors (Lipinski definition) is 1. The Morgan fingerprint density at radius 3 is 2.81 bits per heavy atom. The third kappa shape index (κ3) is 1.23. The molecule has 2 aromatic heterocycles. The van der Waals surface area contributed by atoms with Crippen LogP contribution in [0.1, 0.15) is 17.3 Å². The van der Waals surface area contributed by atoms with Gasteiger partial charge in [-0.15, -0.1) is 0 Å². The van der Waals surface area contributed by atoms with Crippen LogP contribution in [0.3, 0.4) is 0 Å². The average molecular weight is 209 g/mol. The Bertz CT molecular complexity index is 694. The summed E-state index contributed by atoms with van der Waals surface area (Å²) in [6.45, 7) is 1.59. The molecule has 1 aromatic carbocycles. The second-order valence-corrected chi connectivity index (χ2v) is 3.97. The Morgan fingerprint density at radius 1 is 1.12 bits per heavy atom. The van der Waals surface area contributed by atoms with Gasteiger partial charge in [-0.2, -0.15) is 0 Å². The number of rotatable bonds is 1. The number of fused-ring (bicyclic) bond motifs is 3. The number of carbonyl (C=O) groups excluding carboxylic acids is 1. The van der Waals surface area contributed by atoms with Gasteiger partial charge < -0.3 is 4.40 Å². The van der Waals surface area contributed by atoms with Gasteiger partial charge in [-0.25, -0.2) is 0 Å². The fourth-order valence-corrected chi connectivity index (χ4v) is 2.05. The van der Waals surface area contributed by atoms with Crippen molar-refractivity contribution in [2.24, 2.45) is 0 Å². The standard InChI is InChI=1S/C14H11NO/c1-10(16)11-5-6-12-8-13-4-2-3-7-15(13)14(12)9-11/h2-9H,1H3. The number of aromatic nitrogens is 1. The lowest BCUT2D eigenvalue weighted by Gasteiger charge is -1.98. The lowest BCUT2D eigenvalue weighted by molar-refractivity contribution is 0.101. The van der Waals surface area contributed by atoms with E-state index in [2.05, 4.69) is 16.5 Å². The fourth-order valence-electron chi connectivity index (χ4n) is 2.05. The van der Waals surface area contributed by atoms with E-state index in [1.807, 2.05) is 36.5 Å². The zero-order valence-corrected chi connectivity index (χ0v) is 8.97. The highest BCUT2D eigenvalue weighted by atomic mass is 16.1. The molecular formula is C14H11NO. The second kappa shape index (κ2) is 3.20. The van der Waals surface area contributed by atoms with Crippen LogP contribution in [0.4, 0.5) is 0 Å². The molecule has 78 valence electrons. The molecule has 0 aliphatic rings. The van der Waals surface area contributed by atoms with Crippen molar-refractivity contribution in [3.05, 3.63) is 54.2 Å². The molecule has 2 heterocycles. The van der Waals surface area contributed by atoms with Crippen molar-refractivity contribution >= 4 is 22.2 Å². The topological polar surface area (TPSA) is 21.5 Å². The second-order valence-electron chi connectivity index (χ2n) is 3.97. The molecular weight excluding hydrogens is 198 g/mol. The van der Waals surface area contributed by atoms with Gasteiger partial charge in [0.25, 0.3) is 0 Å². The maximum atomic E-state index is 11.3. The molecule has 0 unspecified atom stereocenters. The van der Waals surface area contributed by atoms with Crippen LogP contribution in [0.2, 0.25) is 0 Å². The third-order valence-electron chi connectivity index (χ3n) is 2.89. The molecule has 0 aliphatic carbocycles. The molecule has 0 fully saturated rings. The van der Waals surface area contributed by atoms with Gasteiger partial charge in [-0.3, -0.25) is 4.79 Å². The van der Waals surface area contributed by atoms with Crippen LogP contribution in [-0.2, 0) is 0 Å². The first-order valence-electron chi connectivity index (χ1n) is 5.26. The molecule has 0 radical (unpaired) electrons. The summed E-state index contributed by atoms with van der Waals surface area (Å²) >= 11 is 0. The molecule has 2 heteroatoms. The smallest absolute Gasteiger partial charge is 0.159 e. The predicted octanol–water partition coefficient (Wildman–Crippen LogP) is 3.30. The van der Waals surface area contributed by atoms with E-state index in [9.17, 15) is 4.79 Å². The van der Waals surface area contributed by atoms with Gasteiger partial charge in [-0.05, 0) is 31.2 Å². The highest BCUT2D eigenvalue weighted by molar-refractivity contribution is 5.99. The molecule has 3 rings (SSSR count). The molecule has 16 heavy (non-hydrogen) atoms. The number of hydrogen-bond donors (Lipinski definition) is 0. The van der Waals surface area contributed by atoms with Crippen molar-refractivity contribution in [3.63, 3.8) is 0 Å². The Labute approximate surface area is 93.1 Å². The van der Waals surface area contributed by atoms with E-state index in [-0.39, 0.29) is 5.78 Å². The Hall–Kier alpha value is -2.09. The molecule has 0 N–H and O–H groups in total. The Kier molecular flexibility index (Phi) is 1.83. The number of nitrogens with zero attached hydrogens (tertiary/aromatic N) is 1. The summed E-state index contributed by atoms with van der Waals surface area (Å²) in [5, 5.41) is 1.16. The molecule has 3 aromatic rings. The Balaban J connectivity index is 2.44. The maximum absolute atomic E-state index is 11.3. The van der Waals surface area contributed by atoms with Crippen LogP contribution in [0.15, 0.2) is 48.7 Å². The van der Waals surface area contributed by atoms with Crippen LogP contribution in [0, 0.1) is 0 Å². The van der Waals surface area contributed by atoms with E-state index in [1.54, 1.807) is 6.92 Å². The summed E-state index contributed by atoms with van der Waals surface area (Å²) in [7, 11) is 0. The van der Waals surface area contributed by atoms with Gasteiger partial charge in [0.05, 0.1) is 5.52 Å². The van der Waals surface area contributed by atoms with Gasteiger partial charge in [-0.1, -0.05) is 18.2 Å². The van der Waals surface area contributed by atoms with Crippen molar-refractivity contribution in [3.8, 4) is 0 Å². The Morgan fingerprint density at radius 2 is 2.00 bits per heavy atom. The largest absolute Gasteiger partial charge is 0.317 e. The SMILES string of the molecule is CC(=O)c1ccc2cc3ccccn3c2c1. The summed E-state index contributed by atoms with van der Waals surface area (Å²) < 4.78 is 2.10. The van der Waals surface area contributed by atoms with E-state index in [0.717, 1.165) is 22.0 Å². The average Bonchev–Trinajstić information content (AvgIpc) is 2.66. The van der Waals surface area contributed by atoms with Gasteiger partial charge in [0, 0.05) is 22.7 Å². The fraction of sp³-hybridized carbons (Fsp3) is 0.0714.